The van der Waals surface area contributed by atoms with Gasteiger partial charge in [0, 0.05) is 33.3 Å². The lowest BCUT2D eigenvalue weighted by atomic mass is 9.84. The van der Waals surface area contributed by atoms with Crippen molar-refractivity contribution in [1.82, 2.24) is 0 Å². The van der Waals surface area contributed by atoms with E-state index in [0.717, 1.165) is 6.42 Å². The summed E-state index contributed by atoms with van der Waals surface area (Å²) in [5.74, 6) is -0.442. The fourth-order valence-electron chi connectivity index (χ4n) is 3.49. The predicted octanol–water partition coefficient (Wildman–Crippen LogP) is 1.40. The van der Waals surface area contributed by atoms with Crippen molar-refractivity contribution in [3.63, 3.8) is 0 Å². The molecule has 6 nitrogen and oxygen atoms in total. The van der Waals surface area contributed by atoms with Gasteiger partial charge in [-0.3, -0.25) is 4.79 Å². The number of aliphatic carboxylic acids is 1. The van der Waals surface area contributed by atoms with Crippen molar-refractivity contribution in [2.75, 3.05) is 34.5 Å². The molecule has 0 spiro atoms. The van der Waals surface area contributed by atoms with E-state index < -0.39 is 14.8 Å². The summed E-state index contributed by atoms with van der Waals surface area (Å²) in [6, 6.07) is 0.560. The lowest BCUT2D eigenvalue weighted by Crippen LogP contribution is -2.43. The first kappa shape index (κ1) is 16.6. The number of rotatable bonds is 9. The monoisotopic (exact) mass is 316 g/mol. The number of allylic oxidation sites excluding steroid dienone is 2. The molecule has 0 aromatic carbocycles. The van der Waals surface area contributed by atoms with Crippen LogP contribution in [0.15, 0.2) is 12.2 Å². The van der Waals surface area contributed by atoms with Crippen LogP contribution in [0.4, 0.5) is 0 Å². The van der Waals surface area contributed by atoms with E-state index >= 15 is 0 Å². The van der Waals surface area contributed by atoms with Gasteiger partial charge in [-0.05, 0) is 18.3 Å². The van der Waals surface area contributed by atoms with Gasteiger partial charge in [-0.2, -0.15) is 0 Å². The first-order valence-electron chi connectivity index (χ1n) is 7.21. The van der Waals surface area contributed by atoms with Crippen LogP contribution in [0.5, 0.6) is 0 Å². The lowest BCUT2D eigenvalue weighted by Gasteiger charge is -2.26. The summed E-state index contributed by atoms with van der Waals surface area (Å²) in [6.07, 6.45) is 5.12. The highest BCUT2D eigenvalue weighted by atomic mass is 28.4. The predicted molar refractivity (Wildman–Crippen MR) is 77.8 cm³/mol. The number of fused-ring (bicyclic) bond motifs is 2. The molecule has 120 valence electrons. The van der Waals surface area contributed by atoms with Gasteiger partial charge in [0.25, 0.3) is 0 Å². The lowest BCUT2D eigenvalue weighted by molar-refractivity contribution is -0.145. The smallest absolute Gasteiger partial charge is 0.481 e. The van der Waals surface area contributed by atoms with Gasteiger partial charge in [-0.25, -0.2) is 0 Å². The average Bonchev–Trinajstić information content (AvgIpc) is 3.09. The number of hydrogen-bond donors (Lipinski definition) is 1. The normalized spacial score (nSPS) is 31.0. The third-order valence-corrected chi connectivity index (χ3v) is 7.39. The maximum absolute atomic E-state index is 11.4. The van der Waals surface area contributed by atoms with E-state index in [1.165, 1.54) is 0 Å². The molecule has 21 heavy (non-hydrogen) atoms. The van der Waals surface area contributed by atoms with Crippen LogP contribution in [0.2, 0.25) is 6.04 Å². The quantitative estimate of drug-likeness (QED) is 0.394. The van der Waals surface area contributed by atoms with Crippen LogP contribution in [0.25, 0.3) is 0 Å². The highest BCUT2D eigenvalue weighted by molar-refractivity contribution is 6.60. The number of hydrogen-bond acceptors (Lipinski definition) is 5. The van der Waals surface area contributed by atoms with Gasteiger partial charge < -0.3 is 23.1 Å². The van der Waals surface area contributed by atoms with Gasteiger partial charge >= 0.3 is 14.8 Å². The molecular weight excluding hydrogens is 292 g/mol. The summed E-state index contributed by atoms with van der Waals surface area (Å²) < 4.78 is 21.7. The maximum Gasteiger partial charge on any atom is 0.502 e. The van der Waals surface area contributed by atoms with E-state index in [9.17, 15) is 9.90 Å². The molecule has 0 heterocycles. The van der Waals surface area contributed by atoms with Crippen molar-refractivity contribution >= 4 is 14.8 Å². The third kappa shape index (κ3) is 3.37. The fraction of sp³-hybridized carbons (Fsp3) is 0.786. The molecule has 0 radical (unpaired) electrons. The van der Waals surface area contributed by atoms with E-state index in [1.54, 1.807) is 21.3 Å². The molecule has 4 atom stereocenters. The van der Waals surface area contributed by atoms with E-state index in [4.69, 9.17) is 18.0 Å². The molecule has 2 aliphatic rings. The highest BCUT2D eigenvalue weighted by Crippen LogP contribution is 2.48. The van der Waals surface area contributed by atoms with Crippen LogP contribution in [0, 0.1) is 23.7 Å². The van der Waals surface area contributed by atoms with Crippen LogP contribution in [-0.4, -0.2) is 54.4 Å². The van der Waals surface area contributed by atoms with Crippen molar-refractivity contribution < 1.29 is 27.9 Å². The number of carboxylic acid groups (broad SMARTS) is 1. The fourth-order valence-corrected chi connectivity index (χ4v) is 5.00. The van der Waals surface area contributed by atoms with E-state index in [-0.39, 0.29) is 17.8 Å². The second-order valence-corrected chi connectivity index (χ2v) is 8.69. The Morgan fingerprint density at radius 1 is 1.19 bits per heavy atom. The minimum Gasteiger partial charge on any atom is -0.481 e. The topological polar surface area (TPSA) is 74.2 Å². The molecule has 0 aromatic rings. The molecule has 1 saturated carbocycles. The van der Waals surface area contributed by atoms with Crippen molar-refractivity contribution in [2.45, 2.75) is 12.5 Å². The van der Waals surface area contributed by atoms with Gasteiger partial charge in [-0.15, -0.1) is 0 Å². The molecule has 4 unspecified atom stereocenters. The Kier molecular flexibility index (Phi) is 5.56. The zero-order chi connectivity index (χ0) is 15.5. The van der Waals surface area contributed by atoms with Crippen molar-refractivity contribution in [1.29, 1.82) is 0 Å². The summed E-state index contributed by atoms with van der Waals surface area (Å²) in [4.78, 5) is 11.4. The van der Waals surface area contributed by atoms with E-state index in [0.29, 0.717) is 25.2 Å². The molecule has 0 saturated heterocycles. The number of carbonyl (C=O) groups is 1. The summed E-state index contributed by atoms with van der Waals surface area (Å²) >= 11 is 0. The maximum atomic E-state index is 11.4. The Labute approximate surface area is 126 Å². The zero-order valence-corrected chi connectivity index (χ0v) is 13.8. The van der Waals surface area contributed by atoms with Crippen LogP contribution in [0.3, 0.4) is 0 Å². The van der Waals surface area contributed by atoms with Gasteiger partial charge in [0.15, 0.2) is 0 Å². The summed E-state index contributed by atoms with van der Waals surface area (Å²) in [6.45, 7) is 0.912. The van der Waals surface area contributed by atoms with Crippen LogP contribution >= 0.6 is 0 Å². The third-order valence-electron chi connectivity index (χ3n) is 4.70. The highest BCUT2D eigenvalue weighted by Gasteiger charge is 2.48. The zero-order valence-electron chi connectivity index (χ0n) is 12.8. The van der Waals surface area contributed by atoms with Crippen LogP contribution in [0.1, 0.15) is 6.42 Å². The minimum atomic E-state index is -2.60. The van der Waals surface area contributed by atoms with Gasteiger partial charge in [0.05, 0.1) is 19.1 Å². The number of ether oxygens (including phenoxy) is 1. The molecule has 7 heteroatoms. The standard InChI is InChI=1S/C14H24O6Si/c1-17-21(18-2,19-3)7-6-20-9-12-10-4-5-11(8-10)13(12)14(15)16/h4-5,10-13H,6-9H2,1-3H3,(H,15,16). The largest absolute Gasteiger partial charge is 0.502 e. The number of carboxylic acids is 1. The van der Waals surface area contributed by atoms with E-state index in [1.807, 2.05) is 6.08 Å². The van der Waals surface area contributed by atoms with Crippen LogP contribution in [-0.2, 0) is 22.8 Å². The molecular formula is C14H24O6Si. The molecule has 1 fully saturated rings. The first-order chi connectivity index (χ1) is 10.1. The molecule has 0 amide bonds. The second-order valence-electron chi connectivity index (χ2n) is 5.60. The van der Waals surface area contributed by atoms with Crippen molar-refractivity contribution in [2.24, 2.45) is 23.7 Å². The molecule has 1 N–H and O–H groups in total. The Balaban J connectivity index is 1.81. The van der Waals surface area contributed by atoms with Crippen LogP contribution < -0.4 is 0 Å². The molecule has 0 aromatic heterocycles. The van der Waals surface area contributed by atoms with Crippen molar-refractivity contribution in [3.8, 4) is 0 Å². The average molecular weight is 316 g/mol. The van der Waals surface area contributed by atoms with Gasteiger partial charge in [0.1, 0.15) is 0 Å². The summed E-state index contributed by atoms with van der Waals surface area (Å²) in [5.41, 5.74) is 0. The van der Waals surface area contributed by atoms with Gasteiger partial charge in [-0.1, -0.05) is 12.2 Å². The summed E-state index contributed by atoms with van der Waals surface area (Å²) in [7, 11) is 2.10. The SMILES string of the molecule is CO[Si](CCOCC1C2C=CC(C2)C1C(=O)O)(OC)OC. The first-order valence-corrected chi connectivity index (χ1v) is 9.14. The molecule has 2 bridgehead atoms. The summed E-state index contributed by atoms with van der Waals surface area (Å²) in [5, 5.41) is 9.36. The van der Waals surface area contributed by atoms with Crippen molar-refractivity contribution in [3.05, 3.63) is 12.2 Å². The minimum absolute atomic E-state index is 0.0706. The van der Waals surface area contributed by atoms with E-state index in [2.05, 4.69) is 6.08 Å². The van der Waals surface area contributed by atoms with Gasteiger partial charge in [0.2, 0.25) is 0 Å². The second kappa shape index (κ2) is 7.02. The Morgan fingerprint density at radius 2 is 1.81 bits per heavy atom. The Bertz CT molecular complexity index is 387. The molecule has 2 rings (SSSR count). The Hall–Kier alpha value is -0.733. The Morgan fingerprint density at radius 3 is 2.38 bits per heavy atom. The molecule has 0 aliphatic heterocycles. The molecule has 2 aliphatic carbocycles.